The topological polar surface area (TPSA) is 69.6 Å². The van der Waals surface area contributed by atoms with E-state index in [0.717, 1.165) is 31.2 Å². The Morgan fingerprint density at radius 2 is 1.58 bits per heavy atom. The Balaban J connectivity index is 1.77. The van der Waals surface area contributed by atoms with Crippen LogP contribution in [-0.2, 0) is 6.54 Å². The Morgan fingerprint density at radius 1 is 1.00 bits per heavy atom. The van der Waals surface area contributed by atoms with Crippen LogP contribution in [0.2, 0.25) is 5.02 Å². The van der Waals surface area contributed by atoms with Crippen molar-refractivity contribution in [2.45, 2.75) is 59.0 Å². The molecule has 0 aromatic heterocycles. The van der Waals surface area contributed by atoms with Gasteiger partial charge >= 0.3 is 12.0 Å². The summed E-state index contributed by atoms with van der Waals surface area (Å²) >= 11 is 5.96. The molecule has 0 saturated heterocycles. The second kappa shape index (κ2) is 9.73. The number of benzene rings is 2. The zero-order chi connectivity index (χ0) is 22.6. The molecule has 2 aromatic rings. The largest absolute Gasteiger partial charge is 0.478 e. The fourth-order valence-corrected chi connectivity index (χ4v) is 4.42. The summed E-state index contributed by atoms with van der Waals surface area (Å²) in [5.41, 5.74) is 2.12. The molecule has 2 amide bonds. The summed E-state index contributed by atoms with van der Waals surface area (Å²) in [6.07, 6.45) is 4.11. The van der Waals surface area contributed by atoms with E-state index in [0.29, 0.717) is 23.2 Å². The fraction of sp³-hybridized carbons (Fsp3) is 0.440. The number of carboxylic acid groups (broad SMARTS) is 1. The van der Waals surface area contributed by atoms with E-state index >= 15 is 0 Å². The zero-order valence-corrected chi connectivity index (χ0v) is 19.2. The molecule has 0 spiro atoms. The molecule has 6 heteroatoms. The highest BCUT2D eigenvalue weighted by Gasteiger charge is 2.33. The molecule has 1 saturated carbocycles. The van der Waals surface area contributed by atoms with Gasteiger partial charge in [-0.15, -0.1) is 0 Å². The third-order valence-electron chi connectivity index (χ3n) is 6.27. The first-order valence-electron chi connectivity index (χ1n) is 10.8. The average molecular weight is 443 g/mol. The standard InChI is InChI=1S/C25H31ClN2O3/c1-25(2,3)19-8-14-22(15-9-19)28(16-17-4-6-18(7-5-17)23(29)30)24(31)27-21-12-10-20(26)11-13-21/h4-7,10-13,19,22H,8-9,14-16H2,1-3H3,(H,27,31)(H,29,30). The van der Waals surface area contributed by atoms with Gasteiger partial charge in [-0.05, 0) is 79.0 Å². The number of urea groups is 1. The highest BCUT2D eigenvalue weighted by Crippen LogP contribution is 2.39. The van der Waals surface area contributed by atoms with E-state index in [1.165, 1.54) is 0 Å². The Kier molecular flexibility index (Phi) is 7.26. The van der Waals surface area contributed by atoms with Crippen molar-refractivity contribution in [2.75, 3.05) is 5.32 Å². The summed E-state index contributed by atoms with van der Waals surface area (Å²) in [5, 5.41) is 12.8. The molecule has 0 bridgehead atoms. The number of nitrogens with zero attached hydrogens (tertiary/aromatic N) is 1. The van der Waals surface area contributed by atoms with E-state index in [1.54, 1.807) is 48.5 Å². The average Bonchev–Trinajstić information content (AvgIpc) is 2.73. The molecule has 166 valence electrons. The van der Waals surface area contributed by atoms with Crippen molar-refractivity contribution < 1.29 is 14.7 Å². The summed E-state index contributed by atoms with van der Waals surface area (Å²) in [5.74, 6) is -0.302. The van der Waals surface area contributed by atoms with Crippen molar-refractivity contribution in [1.82, 2.24) is 4.90 Å². The van der Waals surface area contributed by atoms with E-state index < -0.39 is 5.97 Å². The Morgan fingerprint density at radius 3 is 2.10 bits per heavy atom. The van der Waals surface area contributed by atoms with Gasteiger partial charge in [0, 0.05) is 23.3 Å². The van der Waals surface area contributed by atoms with Crippen molar-refractivity contribution in [3.63, 3.8) is 0 Å². The predicted octanol–water partition coefficient (Wildman–Crippen LogP) is 6.68. The first kappa shape index (κ1) is 23.1. The first-order chi connectivity index (χ1) is 14.6. The van der Waals surface area contributed by atoms with Crippen LogP contribution in [0.4, 0.5) is 10.5 Å². The minimum absolute atomic E-state index is 0.144. The molecular weight excluding hydrogens is 412 g/mol. The van der Waals surface area contributed by atoms with E-state index in [9.17, 15) is 9.59 Å². The second-order valence-electron chi connectivity index (χ2n) is 9.44. The molecule has 2 aromatic carbocycles. The normalized spacial score (nSPS) is 19.0. The van der Waals surface area contributed by atoms with Crippen molar-refractivity contribution in [3.05, 3.63) is 64.7 Å². The molecule has 0 radical (unpaired) electrons. The summed E-state index contributed by atoms with van der Waals surface area (Å²) in [6.45, 7) is 7.29. The van der Waals surface area contributed by atoms with E-state index in [1.807, 2.05) is 4.90 Å². The predicted molar refractivity (Wildman–Crippen MR) is 125 cm³/mol. The molecule has 0 aliphatic heterocycles. The lowest BCUT2D eigenvalue weighted by Gasteiger charge is -2.41. The lowest BCUT2D eigenvalue weighted by Crippen LogP contribution is -2.45. The second-order valence-corrected chi connectivity index (χ2v) is 9.87. The lowest BCUT2D eigenvalue weighted by atomic mass is 9.71. The number of halogens is 1. The van der Waals surface area contributed by atoms with Crippen LogP contribution >= 0.6 is 11.6 Å². The van der Waals surface area contributed by atoms with Crippen LogP contribution in [-0.4, -0.2) is 28.0 Å². The zero-order valence-electron chi connectivity index (χ0n) is 18.4. The van der Waals surface area contributed by atoms with Gasteiger partial charge in [0.25, 0.3) is 0 Å². The number of hydrogen-bond donors (Lipinski definition) is 2. The minimum atomic E-state index is -0.954. The number of carbonyl (C=O) groups is 2. The molecule has 1 fully saturated rings. The van der Waals surface area contributed by atoms with Crippen LogP contribution in [0.25, 0.3) is 0 Å². The molecule has 31 heavy (non-hydrogen) atoms. The highest BCUT2D eigenvalue weighted by atomic mass is 35.5. The number of hydrogen-bond acceptors (Lipinski definition) is 2. The van der Waals surface area contributed by atoms with Gasteiger partial charge in [-0.25, -0.2) is 9.59 Å². The maximum absolute atomic E-state index is 13.2. The van der Waals surface area contributed by atoms with Crippen LogP contribution in [0.3, 0.4) is 0 Å². The molecule has 5 nitrogen and oxygen atoms in total. The van der Waals surface area contributed by atoms with Crippen LogP contribution < -0.4 is 5.32 Å². The van der Waals surface area contributed by atoms with Crippen LogP contribution in [0.15, 0.2) is 48.5 Å². The molecule has 0 unspecified atom stereocenters. The van der Waals surface area contributed by atoms with Gasteiger partial charge in [0.2, 0.25) is 0 Å². The third-order valence-corrected chi connectivity index (χ3v) is 6.52. The lowest BCUT2D eigenvalue weighted by molar-refractivity contribution is 0.0696. The number of carbonyl (C=O) groups excluding carboxylic acids is 1. The number of anilines is 1. The Bertz CT molecular complexity index is 896. The first-order valence-corrected chi connectivity index (χ1v) is 11.2. The van der Waals surface area contributed by atoms with Gasteiger partial charge in [-0.2, -0.15) is 0 Å². The van der Waals surface area contributed by atoms with Gasteiger partial charge in [0.15, 0.2) is 0 Å². The van der Waals surface area contributed by atoms with Crippen LogP contribution in [0.1, 0.15) is 62.4 Å². The quantitative estimate of drug-likeness (QED) is 0.542. The van der Waals surface area contributed by atoms with Gasteiger partial charge < -0.3 is 15.3 Å². The molecule has 3 rings (SSSR count). The maximum atomic E-state index is 13.2. The summed E-state index contributed by atoms with van der Waals surface area (Å²) in [4.78, 5) is 26.3. The highest BCUT2D eigenvalue weighted by molar-refractivity contribution is 6.30. The molecule has 1 aliphatic rings. The van der Waals surface area contributed by atoms with Crippen LogP contribution in [0, 0.1) is 11.3 Å². The SMILES string of the molecule is CC(C)(C)C1CCC(N(Cc2ccc(C(=O)O)cc2)C(=O)Nc2ccc(Cl)cc2)CC1. The minimum Gasteiger partial charge on any atom is -0.478 e. The Hall–Kier alpha value is -2.53. The summed E-state index contributed by atoms with van der Waals surface area (Å²) in [7, 11) is 0. The smallest absolute Gasteiger partial charge is 0.335 e. The van der Waals surface area contributed by atoms with Crippen LogP contribution in [0.5, 0.6) is 0 Å². The van der Waals surface area contributed by atoms with E-state index in [4.69, 9.17) is 16.7 Å². The number of aromatic carboxylic acids is 1. The summed E-state index contributed by atoms with van der Waals surface area (Å²) < 4.78 is 0. The monoisotopic (exact) mass is 442 g/mol. The van der Waals surface area contributed by atoms with Crippen molar-refractivity contribution in [1.29, 1.82) is 0 Å². The van der Waals surface area contributed by atoms with Gasteiger partial charge in [-0.1, -0.05) is 44.5 Å². The van der Waals surface area contributed by atoms with E-state index in [2.05, 4.69) is 26.1 Å². The molecular formula is C25H31ClN2O3. The van der Waals surface area contributed by atoms with E-state index in [-0.39, 0.29) is 23.1 Å². The van der Waals surface area contributed by atoms with Gasteiger partial charge in [0.1, 0.15) is 0 Å². The van der Waals surface area contributed by atoms with Crippen molar-refractivity contribution in [2.24, 2.45) is 11.3 Å². The van der Waals surface area contributed by atoms with Crippen molar-refractivity contribution in [3.8, 4) is 0 Å². The van der Waals surface area contributed by atoms with Crippen molar-refractivity contribution >= 4 is 29.3 Å². The number of carboxylic acids is 1. The summed E-state index contributed by atoms with van der Waals surface area (Å²) in [6, 6.07) is 13.8. The maximum Gasteiger partial charge on any atom is 0.335 e. The van der Waals surface area contributed by atoms with Gasteiger partial charge in [0.05, 0.1) is 5.56 Å². The molecule has 1 aliphatic carbocycles. The third kappa shape index (κ3) is 6.23. The molecule has 0 atom stereocenters. The fourth-order valence-electron chi connectivity index (χ4n) is 4.30. The Labute approximate surface area is 189 Å². The van der Waals surface area contributed by atoms with Gasteiger partial charge in [-0.3, -0.25) is 0 Å². The molecule has 0 heterocycles. The number of nitrogens with one attached hydrogen (secondary N) is 1. The number of rotatable bonds is 5. The number of amides is 2. The molecule has 2 N–H and O–H groups in total.